The second-order valence-corrected chi connectivity index (χ2v) is 6.53. The fourth-order valence-electron chi connectivity index (χ4n) is 1.83. The minimum atomic E-state index is 0.592. The highest BCUT2D eigenvalue weighted by atomic mass is 79.9. The molecule has 0 amide bonds. The molecule has 18 heavy (non-hydrogen) atoms. The molecule has 0 bridgehead atoms. The van der Waals surface area contributed by atoms with E-state index < -0.39 is 0 Å². The zero-order chi connectivity index (χ0) is 13.1. The lowest BCUT2D eigenvalue weighted by Gasteiger charge is -2.06. The predicted molar refractivity (Wildman–Crippen MR) is 82.2 cm³/mol. The molecule has 0 aliphatic heterocycles. The lowest BCUT2D eigenvalue weighted by atomic mass is 10.0. The first kappa shape index (κ1) is 13.6. The van der Waals surface area contributed by atoms with Crippen LogP contribution in [-0.4, -0.2) is 4.98 Å². The Hall–Kier alpha value is -0.870. The molecule has 0 unspecified atom stereocenters. The highest BCUT2D eigenvalue weighted by Gasteiger charge is 2.07. The number of hydrogen-bond donors (Lipinski definition) is 1. The molecule has 1 aromatic carbocycles. The van der Waals surface area contributed by atoms with Crippen molar-refractivity contribution in [2.45, 2.75) is 32.6 Å². The summed E-state index contributed by atoms with van der Waals surface area (Å²) < 4.78 is 0.892. The van der Waals surface area contributed by atoms with E-state index in [1.54, 1.807) is 11.3 Å². The van der Waals surface area contributed by atoms with Crippen LogP contribution in [0.1, 0.15) is 35.8 Å². The van der Waals surface area contributed by atoms with Gasteiger partial charge in [-0.05, 0) is 45.8 Å². The van der Waals surface area contributed by atoms with Crippen LogP contribution in [0.25, 0.3) is 0 Å². The lowest BCUT2D eigenvalue weighted by Crippen LogP contribution is -1.92. The van der Waals surface area contributed by atoms with Gasteiger partial charge in [0.25, 0.3) is 0 Å². The summed E-state index contributed by atoms with van der Waals surface area (Å²) in [5.74, 6) is 0.592. The van der Waals surface area contributed by atoms with E-state index in [-0.39, 0.29) is 0 Å². The van der Waals surface area contributed by atoms with Crippen LogP contribution < -0.4 is 5.73 Å². The third-order valence-electron chi connectivity index (χ3n) is 2.95. The number of aromatic nitrogens is 1. The van der Waals surface area contributed by atoms with Gasteiger partial charge in [-0.25, -0.2) is 4.98 Å². The second-order valence-electron chi connectivity index (χ2n) is 4.66. The largest absolute Gasteiger partial charge is 0.375 e. The van der Waals surface area contributed by atoms with Crippen molar-refractivity contribution >= 4 is 32.4 Å². The van der Waals surface area contributed by atoms with Crippen LogP contribution >= 0.6 is 27.3 Å². The number of nitrogen functional groups attached to an aromatic ring is 1. The summed E-state index contributed by atoms with van der Waals surface area (Å²) >= 11 is 5.00. The summed E-state index contributed by atoms with van der Waals surface area (Å²) in [5.41, 5.74) is 8.43. The molecule has 4 heteroatoms. The van der Waals surface area contributed by atoms with Crippen LogP contribution in [0, 0.1) is 0 Å². The number of nitrogens with zero attached hydrogens (tertiary/aromatic N) is 1. The summed E-state index contributed by atoms with van der Waals surface area (Å²) in [5, 5.41) is 0.632. The molecule has 0 radical (unpaired) electrons. The molecule has 2 aromatic rings. The third kappa shape index (κ3) is 3.33. The molecule has 0 saturated carbocycles. The van der Waals surface area contributed by atoms with E-state index in [1.165, 1.54) is 16.0 Å². The number of thiazole rings is 1. The number of anilines is 1. The Morgan fingerprint density at radius 3 is 2.39 bits per heavy atom. The summed E-state index contributed by atoms with van der Waals surface area (Å²) in [6.07, 6.45) is 2.01. The van der Waals surface area contributed by atoms with Crippen molar-refractivity contribution in [3.05, 3.63) is 44.9 Å². The Morgan fingerprint density at radius 1 is 1.22 bits per heavy atom. The quantitative estimate of drug-likeness (QED) is 0.905. The van der Waals surface area contributed by atoms with Gasteiger partial charge in [-0.1, -0.05) is 38.1 Å². The zero-order valence-corrected chi connectivity index (χ0v) is 13.0. The fourth-order valence-corrected chi connectivity index (χ4v) is 3.30. The third-order valence-corrected chi connectivity index (χ3v) is 4.82. The average molecular weight is 325 g/mol. The molecule has 96 valence electrons. The summed E-state index contributed by atoms with van der Waals surface area (Å²) in [6, 6.07) is 8.87. The molecule has 2 rings (SSSR count). The fraction of sp³-hybridized carbons (Fsp3) is 0.357. The molecule has 0 atom stereocenters. The summed E-state index contributed by atoms with van der Waals surface area (Å²) in [6.45, 7) is 4.43. The van der Waals surface area contributed by atoms with Gasteiger partial charge >= 0.3 is 0 Å². The SMILES string of the molecule is CC(C)c1ccc(CCc2sc(N)nc2Br)cc1. The maximum Gasteiger partial charge on any atom is 0.181 e. The molecular formula is C14H17BrN2S. The zero-order valence-electron chi connectivity index (χ0n) is 10.6. The molecule has 2 N–H and O–H groups in total. The van der Waals surface area contributed by atoms with Crippen LogP contribution in [0.4, 0.5) is 5.13 Å². The average Bonchev–Trinajstić information content (AvgIpc) is 2.66. The van der Waals surface area contributed by atoms with Gasteiger partial charge in [0, 0.05) is 4.88 Å². The number of benzene rings is 1. The van der Waals surface area contributed by atoms with Gasteiger partial charge in [0.2, 0.25) is 0 Å². The first-order chi connectivity index (χ1) is 8.56. The van der Waals surface area contributed by atoms with E-state index in [0.29, 0.717) is 11.0 Å². The smallest absolute Gasteiger partial charge is 0.181 e. The lowest BCUT2D eigenvalue weighted by molar-refractivity contribution is 0.863. The molecule has 0 spiro atoms. The van der Waals surface area contributed by atoms with E-state index in [1.807, 2.05) is 0 Å². The normalized spacial score (nSPS) is 11.1. The Kier molecular flexibility index (Phi) is 4.40. The standard InChI is InChI=1S/C14H17BrN2S/c1-9(2)11-6-3-10(4-7-11)5-8-12-13(15)17-14(16)18-12/h3-4,6-7,9H,5,8H2,1-2H3,(H2,16,17). The van der Waals surface area contributed by atoms with Gasteiger partial charge in [0.05, 0.1) is 0 Å². The Labute approximate surface area is 120 Å². The van der Waals surface area contributed by atoms with Crippen LogP contribution in [0.3, 0.4) is 0 Å². The number of hydrogen-bond acceptors (Lipinski definition) is 3. The molecule has 1 heterocycles. The minimum absolute atomic E-state index is 0.592. The molecule has 0 aliphatic rings. The first-order valence-electron chi connectivity index (χ1n) is 6.05. The Morgan fingerprint density at radius 2 is 1.89 bits per heavy atom. The van der Waals surface area contributed by atoms with E-state index in [4.69, 9.17) is 5.73 Å². The van der Waals surface area contributed by atoms with E-state index in [2.05, 4.69) is 59.0 Å². The number of rotatable bonds is 4. The molecule has 0 aliphatic carbocycles. The highest BCUT2D eigenvalue weighted by molar-refractivity contribution is 9.10. The number of halogens is 1. The Balaban J connectivity index is 2.00. The van der Waals surface area contributed by atoms with Gasteiger partial charge in [0.15, 0.2) is 5.13 Å². The molecular weight excluding hydrogens is 308 g/mol. The topological polar surface area (TPSA) is 38.9 Å². The monoisotopic (exact) mass is 324 g/mol. The van der Waals surface area contributed by atoms with Gasteiger partial charge in [-0.15, -0.1) is 11.3 Å². The van der Waals surface area contributed by atoms with Crippen LogP contribution in [0.5, 0.6) is 0 Å². The van der Waals surface area contributed by atoms with E-state index in [0.717, 1.165) is 17.4 Å². The van der Waals surface area contributed by atoms with Crippen molar-refractivity contribution < 1.29 is 0 Å². The van der Waals surface area contributed by atoms with Crippen molar-refractivity contribution in [3.63, 3.8) is 0 Å². The van der Waals surface area contributed by atoms with Crippen LogP contribution in [-0.2, 0) is 12.8 Å². The molecule has 1 aromatic heterocycles. The second kappa shape index (κ2) is 5.85. The molecule has 0 fully saturated rings. The molecule has 2 nitrogen and oxygen atoms in total. The van der Waals surface area contributed by atoms with Crippen molar-refractivity contribution in [2.24, 2.45) is 0 Å². The van der Waals surface area contributed by atoms with Gasteiger partial charge in [0.1, 0.15) is 4.60 Å². The predicted octanol–water partition coefficient (Wildman–Crippen LogP) is 4.40. The maximum absolute atomic E-state index is 5.68. The molecule has 0 saturated heterocycles. The van der Waals surface area contributed by atoms with Crippen molar-refractivity contribution in [1.29, 1.82) is 0 Å². The minimum Gasteiger partial charge on any atom is -0.375 e. The van der Waals surface area contributed by atoms with Crippen molar-refractivity contribution in [3.8, 4) is 0 Å². The van der Waals surface area contributed by atoms with Gasteiger partial charge < -0.3 is 5.73 Å². The number of nitrogens with two attached hydrogens (primary N) is 1. The van der Waals surface area contributed by atoms with Crippen molar-refractivity contribution in [2.75, 3.05) is 5.73 Å². The first-order valence-corrected chi connectivity index (χ1v) is 7.66. The summed E-state index contributed by atoms with van der Waals surface area (Å²) in [7, 11) is 0. The Bertz CT molecular complexity index is 517. The summed E-state index contributed by atoms with van der Waals surface area (Å²) in [4.78, 5) is 5.40. The van der Waals surface area contributed by atoms with E-state index >= 15 is 0 Å². The van der Waals surface area contributed by atoms with Crippen LogP contribution in [0.15, 0.2) is 28.9 Å². The maximum atomic E-state index is 5.68. The van der Waals surface area contributed by atoms with Crippen LogP contribution in [0.2, 0.25) is 0 Å². The number of aryl methyl sites for hydroxylation is 2. The van der Waals surface area contributed by atoms with Gasteiger partial charge in [-0.3, -0.25) is 0 Å². The highest BCUT2D eigenvalue weighted by Crippen LogP contribution is 2.26. The van der Waals surface area contributed by atoms with E-state index in [9.17, 15) is 0 Å². The van der Waals surface area contributed by atoms with Crippen molar-refractivity contribution in [1.82, 2.24) is 4.98 Å². The van der Waals surface area contributed by atoms with Gasteiger partial charge in [-0.2, -0.15) is 0 Å².